The van der Waals surface area contributed by atoms with Gasteiger partial charge in [-0.1, -0.05) is 0 Å². The van der Waals surface area contributed by atoms with Crippen molar-refractivity contribution in [1.29, 1.82) is 0 Å². The molecule has 0 aliphatic heterocycles. The first-order valence-corrected chi connectivity index (χ1v) is 31.1. The van der Waals surface area contributed by atoms with Gasteiger partial charge in [-0.2, -0.15) is 0 Å². The van der Waals surface area contributed by atoms with Crippen LogP contribution >= 0.6 is 0 Å². The molecule has 0 N–H and O–H groups in total. The molecule has 0 spiro atoms. The van der Waals surface area contributed by atoms with Crippen molar-refractivity contribution in [3.63, 3.8) is 0 Å². The Morgan fingerprint density at radius 2 is 0.932 bits per heavy atom. The van der Waals surface area contributed by atoms with Crippen molar-refractivity contribution in [2.24, 2.45) is 0 Å². The van der Waals surface area contributed by atoms with Crippen molar-refractivity contribution in [3.8, 4) is 11.5 Å². The molecule has 0 radical (unpaired) electrons. The Balaban J connectivity index is 1.65. The van der Waals surface area contributed by atoms with Gasteiger partial charge in [0.1, 0.15) is 0 Å². The molecule has 2 aromatic carbocycles. The van der Waals surface area contributed by atoms with Crippen LogP contribution in [0.1, 0.15) is 62.5 Å². The molecule has 2 atom stereocenters. The van der Waals surface area contributed by atoms with Gasteiger partial charge in [0.25, 0.3) is 0 Å². The van der Waals surface area contributed by atoms with Gasteiger partial charge in [-0.3, -0.25) is 0 Å². The second kappa shape index (κ2) is 9.37. The summed E-state index contributed by atoms with van der Waals surface area (Å²) in [5.74, 6) is 0.506. The van der Waals surface area contributed by atoms with Crippen molar-refractivity contribution in [2.45, 2.75) is 80.2 Å². The summed E-state index contributed by atoms with van der Waals surface area (Å²) in [6.07, 6.45) is 7.17. The molecule has 6 rings (SSSR count). The summed E-state index contributed by atoms with van der Waals surface area (Å²) < 4.78 is 100. The van der Waals surface area contributed by atoms with Gasteiger partial charge >= 0.3 is 252 Å². The van der Waals surface area contributed by atoms with Gasteiger partial charge in [-0.15, -0.1) is 0 Å². The quantitative estimate of drug-likeness (QED) is 0.219. The van der Waals surface area contributed by atoms with E-state index >= 15 is 0 Å². The predicted molar refractivity (Wildman–Crippen MR) is 161 cm³/mol. The summed E-state index contributed by atoms with van der Waals surface area (Å²) >= 11 is -6.68. The number of rotatable bonds is 6. The summed E-state index contributed by atoms with van der Waals surface area (Å²) in [5.41, 5.74) is 3.33. The van der Waals surface area contributed by atoms with Crippen LogP contribution in [0.5, 0.6) is 11.5 Å². The number of hydrogen-bond acceptors (Lipinski definition) is 2. The molecule has 0 aromatic heterocycles. The number of hydrogen-bond donors (Lipinski definition) is 0. The summed E-state index contributed by atoms with van der Waals surface area (Å²) in [5, 5.41) is 0. The maximum absolute atomic E-state index is 13.6. The van der Waals surface area contributed by atoms with Crippen LogP contribution < -0.4 is 5.63 Å². The van der Waals surface area contributed by atoms with Gasteiger partial charge in [0.15, 0.2) is 0 Å². The molecule has 0 saturated heterocycles. The molecule has 4 aliphatic carbocycles. The van der Waals surface area contributed by atoms with Gasteiger partial charge in [0.2, 0.25) is 0 Å². The zero-order chi connectivity index (χ0) is 31.7. The van der Waals surface area contributed by atoms with Gasteiger partial charge in [-0.25, -0.2) is 0 Å². The number of halogens is 6. The maximum atomic E-state index is 13.6. The van der Waals surface area contributed by atoms with Crippen LogP contribution in [0, 0.1) is 0 Å². The number of benzene rings is 2. The minimum absolute atomic E-state index is 0.253. The Labute approximate surface area is 251 Å². The number of allylic oxidation sites excluding steroid dienone is 8. The second-order valence-corrected chi connectivity index (χ2v) is 58.3. The van der Waals surface area contributed by atoms with E-state index in [0.29, 0.717) is 0 Å². The molecule has 2 aromatic rings. The van der Waals surface area contributed by atoms with Gasteiger partial charge in [0, 0.05) is 0 Å². The Hall–Kier alpha value is -2.32. The summed E-state index contributed by atoms with van der Waals surface area (Å²) in [4.78, 5) is 0. The van der Waals surface area contributed by atoms with Crippen molar-refractivity contribution in [1.82, 2.24) is 0 Å². The molecule has 0 heterocycles. The van der Waals surface area contributed by atoms with Gasteiger partial charge in [0.05, 0.1) is 0 Å². The first-order valence-electron chi connectivity index (χ1n) is 15.4. The van der Waals surface area contributed by atoms with E-state index in [1.54, 1.807) is 6.88 Å². The van der Waals surface area contributed by atoms with Crippen molar-refractivity contribution in [3.05, 3.63) is 106 Å². The van der Waals surface area contributed by atoms with Crippen molar-refractivity contribution >= 4 is 6.88 Å². The third-order valence-electron chi connectivity index (χ3n) is 10.9. The monoisotopic (exact) mass is 710 g/mol. The summed E-state index contributed by atoms with van der Waals surface area (Å²) in [6, 6.07) is 9.51. The molecule has 2 nitrogen and oxygen atoms in total. The van der Waals surface area contributed by atoms with E-state index in [1.165, 1.54) is 46.6 Å². The van der Waals surface area contributed by atoms with Crippen LogP contribution in [0.2, 0.25) is 16.5 Å². The molecular formula is C34H38F6O2SiZr. The Morgan fingerprint density at radius 3 is 1.27 bits per heavy atom. The molecule has 236 valence electrons. The zero-order valence-electron chi connectivity index (χ0n) is 25.0. The molecular weight excluding hydrogens is 674 g/mol. The third kappa shape index (κ3) is 4.94. The molecule has 44 heavy (non-hydrogen) atoms. The Kier molecular flexibility index (Phi) is 6.74. The van der Waals surface area contributed by atoms with E-state index in [4.69, 9.17) is 5.63 Å². The van der Waals surface area contributed by atoms with E-state index in [0.717, 1.165) is 75.6 Å². The molecule has 0 bridgehead atoms. The predicted octanol–water partition coefficient (Wildman–Crippen LogP) is 10.9. The third-order valence-corrected chi connectivity index (χ3v) is 38.4. The van der Waals surface area contributed by atoms with E-state index in [2.05, 4.69) is 33.6 Å². The molecule has 0 amide bonds. The standard InChI is InChI=1S/2C9H11.2C7H5F3O.2CH3.H2Si.Zr/c2*1-2-5-9-7-3-6-8(9)4-1;2*8-7(9,10)5-1-3-6(11)4-2-5;;;;/h2*3,6-7H,1-2,4-5H2;2*1-4,11H;2*1H3;1H2;/q;;;;;;;+2/p-2. The second-order valence-electron chi connectivity index (χ2n) is 15.0. The summed E-state index contributed by atoms with van der Waals surface area (Å²) in [7, 11) is 0. The van der Waals surface area contributed by atoms with Crippen LogP contribution in [0.25, 0.3) is 0 Å². The SMILES string of the molecule is [CH3][Zr]([CH3])(=[SiH2])([O]c1ccc(C(F)(F)F)cc1)([O]c1ccc(C(F)(F)F)cc1)([CH]1C=CC2=C1CCCC2)[CH]1C=CC2=C1CCCC2. The fourth-order valence-electron chi connectivity index (χ4n) is 8.77. The molecule has 10 heteroatoms. The van der Waals surface area contributed by atoms with Crippen molar-refractivity contribution < 1.29 is 47.3 Å². The van der Waals surface area contributed by atoms with E-state index < -0.39 is 38.8 Å². The topological polar surface area (TPSA) is 18.5 Å². The Bertz CT molecular complexity index is 1640. The molecule has 2 unspecified atom stereocenters. The van der Waals surface area contributed by atoms with Gasteiger partial charge < -0.3 is 0 Å². The van der Waals surface area contributed by atoms with E-state index in [9.17, 15) is 26.3 Å². The number of alkyl halides is 6. The molecule has 0 fully saturated rings. The van der Waals surface area contributed by atoms with Crippen molar-refractivity contribution in [2.75, 3.05) is 0 Å². The first kappa shape index (κ1) is 31.7. The van der Waals surface area contributed by atoms with E-state index in [1.807, 2.05) is 0 Å². The van der Waals surface area contributed by atoms with E-state index in [-0.39, 0.29) is 18.8 Å². The Morgan fingerprint density at radius 1 is 0.591 bits per heavy atom. The van der Waals surface area contributed by atoms with Gasteiger partial charge in [-0.05, 0) is 0 Å². The average Bonchev–Trinajstić information content (AvgIpc) is 3.59. The molecule has 4 aliphatic rings. The first-order chi connectivity index (χ1) is 20.4. The average molecular weight is 712 g/mol. The van der Waals surface area contributed by atoms with Crippen LogP contribution in [-0.2, 0) is 27.7 Å². The minimum atomic E-state index is -6.68. The molecule has 0 saturated carbocycles. The zero-order valence-corrected chi connectivity index (χ0v) is 28.9. The van der Waals surface area contributed by atoms with Crippen LogP contribution in [0.15, 0.2) is 95.1 Å². The normalized spacial score (nSPS) is 24.7. The fourth-order valence-corrected chi connectivity index (χ4v) is 36.2. The van der Waals surface area contributed by atoms with Crippen LogP contribution in [-0.4, -0.2) is 6.88 Å². The van der Waals surface area contributed by atoms with Crippen LogP contribution in [0.3, 0.4) is 0 Å². The van der Waals surface area contributed by atoms with Crippen LogP contribution in [0.4, 0.5) is 26.3 Å². The summed E-state index contributed by atoms with van der Waals surface area (Å²) in [6.45, 7) is 1.73. The fraction of sp³-hybridized carbons (Fsp3) is 0.412.